The van der Waals surface area contributed by atoms with E-state index in [2.05, 4.69) is 15.8 Å². The Labute approximate surface area is 112 Å². The van der Waals surface area contributed by atoms with E-state index in [9.17, 15) is 9.59 Å². The lowest BCUT2D eigenvalue weighted by Gasteiger charge is -2.19. The summed E-state index contributed by atoms with van der Waals surface area (Å²) in [4.78, 5) is 23.5. The highest BCUT2D eigenvalue weighted by atomic mass is 16.5. The summed E-state index contributed by atoms with van der Waals surface area (Å²) in [6, 6.07) is 1.08. The summed E-state index contributed by atoms with van der Waals surface area (Å²) < 4.78 is 4.88. The molecule has 0 radical (unpaired) electrons. The van der Waals surface area contributed by atoms with E-state index in [0.29, 0.717) is 30.3 Å². The number of nitrogens with zero attached hydrogens (tertiary/aromatic N) is 1. The van der Waals surface area contributed by atoms with Gasteiger partial charge in [0, 0.05) is 12.5 Å². The minimum atomic E-state index is -0.551. The number of nitrogens with one attached hydrogen (secondary N) is 2. The molecule has 6 nitrogen and oxygen atoms in total. The summed E-state index contributed by atoms with van der Waals surface area (Å²) in [5, 5.41) is 9.05. The maximum absolute atomic E-state index is 12.1. The molecule has 2 amide bonds. The van der Waals surface area contributed by atoms with Crippen molar-refractivity contribution in [2.75, 3.05) is 5.32 Å². The molecule has 1 rings (SSSR count). The van der Waals surface area contributed by atoms with E-state index in [1.807, 2.05) is 13.8 Å². The largest absolute Gasteiger partial charge is 0.360 e. The first-order valence-electron chi connectivity index (χ1n) is 6.46. The summed E-state index contributed by atoms with van der Waals surface area (Å²) in [5.74, 6) is 0.864. The monoisotopic (exact) mass is 267 g/mol. The van der Waals surface area contributed by atoms with Crippen molar-refractivity contribution in [3.05, 3.63) is 11.8 Å². The number of aromatic nitrogens is 1. The fourth-order valence-corrected chi connectivity index (χ4v) is 1.64. The Morgan fingerprint density at radius 3 is 2.58 bits per heavy atom. The summed E-state index contributed by atoms with van der Waals surface area (Å²) in [5.41, 5.74) is 0. The van der Waals surface area contributed by atoms with E-state index in [0.717, 1.165) is 0 Å². The predicted octanol–water partition coefficient (Wildman–Crippen LogP) is 1.86. The van der Waals surface area contributed by atoms with Crippen molar-refractivity contribution in [2.24, 2.45) is 5.92 Å². The molecule has 0 aliphatic heterocycles. The molecule has 1 aromatic rings. The van der Waals surface area contributed by atoms with Gasteiger partial charge < -0.3 is 15.2 Å². The molecule has 2 N–H and O–H groups in total. The van der Waals surface area contributed by atoms with E-state index >= 15 is 0 Å². The van der Waals surface area contributed by atoms with Crippen molar-refractivity contribution in [1.29, 1.82) is 0 Å². The molecule has 0 aromatic carbocycles. The van der Waals surface area contributed by atoms with Crippen LogP contribution < -0.4 is 10.6 Å². The van der Waals surface area contributed by atoms with E-state index in [-0.39, 0.29) is 11.8 Å². The van der Waals surface area contributed by atoms with Crippen LogP contribution in [0.3, 0.4) is 0 Å². The lowest BCUT2D eigenvalue weighted by atomic mass is 10.0. The van der Waals surface area contributed by atoms with Crippen LogP contribution >= 0.6 is 0 Å². The molecule has 0 saturated carbocycles. The summed E-state index contributed by atoms with van der Waals surface area (Å²) in [7, 11) is 0. The number of carbonyl (C=O) groups is 2. The van der Waals surface area contributed by atoms with Crippen LogP contribution in [-0.4, -0.2) is 23.0 Å². The zero-order valence-electron chi connectivity index (χ0n) is 11.8. The fourth-order valence-electron chi connectivity index (χ4n) is 1.64. The van der Waals surface area contributed by atoms with Gasteiger partial charge in [0.2, 0.25) is 11.8 Å². The second-order valence-electron chi connectivity index (χ2n) is 4.92. The first-order chi connectivity index (χ1) is 8.92. The smallest absolute Gasteiger partial charge is 0.248 e. The van der Waals surface area contributed by atoms with Crippen LogP contribution in [0, 0.1) is 12.8 Å². The number of rotatable bonds is 6. The minimum absolute atomic E-state index is 0.142. The third-order valence-electron chi connectivity index (χ3n) is 2.56. The second-order valence-corrected chi connectivity index (χ2v) is 4.92. The Bertz CT molecular complexity index is 440. The van der Waals surface area contributed by atoms with Crippen LogP contribution in [0.15, 0.2) is 10.6 Å². The maximum atomic E-state index is 12.1. The van der Waals surface area contributed by atoms with Crippen LogP contribution in [0.25, 0.3) is 0 Å². The van der Waals surface area contributed by atoms with Gasteiger partial charge >= 0.3 is 0 Å². The molecule has 0 aliphatic rings. The normalized spacial score (nSPS) is 12.3. The molecule has 0 fully saturated rings. The van der Waals surface area contributed by atoms with Crippen molar-refractivity contribution in [3.8, 4) is 0 Å². The van der Waals surface area contributed by atoms with Gasteiger partial charge in [-0.3, -0.25) is 9.59 Å². The number of anilines is 1. The van der Waals surface area contributed by atoms with Crippen molar-refractivity contribution in [3.63, 3.8) is 0 Å². The van der Waals surface area contributed by atoms with Gasteiger partial charge in [-0.05, 0) is 19.3 Å². The Morgan fingerprint density at radius 1 is 1.42 bits per heavy atom. The molecular formula is C13H21N3O3. The maximum Gasteiger partial charge on any atom is 0.248 e. The van der Waals surface area contributed by atoms with Crippen LogP contribution in [-0.2, 0) is 9.59 Å². The van der Waals surface area contributed by atoms with E-state index in [4.69, 9.17) is 4.52 Å². The van der Waals surface area contributed by atoms with Gasteiger partial charge in [0.25, 0.3) is 0 Å². The second kappa shape index (κ2) is 6.92. The summed E-state index contributed by atoms with van der Waals surface area (Å²) in [6.45, 7) is 7.49. The highest BCUT2D eigenvalue weighted by molar-refractivity contribution is 5.96. The van der Waals surface area contributed by atoms with E-state index in [1.165, 1.54) is 0 Å². The zero-order chi connectivity index (χ0) is 14.4. The van der Waals surface area contributed by atoms with Crippen LogP contribution in [0.4, 0.5) is 5.82 Å². The lowest BCUT2D eigenvalue weighted by Crippen LogP contribution is -2.44. The fraction of sp³-hybridized carbons (Fsp3) is 0.615. The van der Waals surface area contributed by atoms with E-state index < -0.39 is 6.04 Å². The Morgan fingerprint density at radius 2 is 2.11 bits per heavy atom. The van der Waals surface area contributed by atoms with Crippen LogP contribution in [0.1, 0.15) is 39.4 Å². The number of hydrogen-bond donors (Lipinski definition) is 2. The molecule has 19 heavy (non-hydrogen) atoms. The molecule has 1 heterocycles. The molecule has 6 heteroatoms. The number of aryl methyl sites for hydroxylation is 1. The summed E-state index contributed by atoms with van der Waals surface area (Å²) in [6.07, 6.45) is 0.930. The van der Waals surface area contributed by atoms with Gasteiger partial charge in [-0.15, -0.1) is 0 Å². The molecule has 1 atom stereocenters. The van der Waals surface area contributed by atoms with Crippen LogP contribution in [0.2, 0.25) is 0 Å². The molecule has 1 aromatic heterocycles. The van der Waals surface area contributed by atoms with Crippen molar-refractivity contribution in [1.82, 2.24) is 10.5 Å². The third kappa shape index (κ3) is 5.11. The molecule has 0 unspecified atom stereocenters. The predicted molar refractivity (Wildman–Crippen MR) is 71.5 cm³/mol. The molecule has 0 spiro atoms. The SMILES string of the molecule is CCC(=O)N[C@@H](CC(C)C)C(=O)Nc1cc(C)on1. The first-order valence-corrected chi connectivity index (χ1v) is 6.46. The highest BCUT2D eigenvalue weighted by Gasteiger charge is 2.22. The van der Waals surface area contributed by atoms with Gasteiger partial charge in [-0.25, -0.2) is 0 Å². The molecule has 0 saturated heterocycles. The summed E-state index contributed by atoms with van der Waals surface area (Å²) >= 11 is 0. The zero-order valence-corrected chi connectivity index (χ0v) is 11.8. The quantitative estimate of drug-likeness (QED) is 0.824. The highest BCUT2D eigenvalue weighted by Crippen LogP contribution is 2.10. The Hall–Kier alpha value is -1.85. The number of carbonyl (C=O) groups excluding carboxylic acids is 2. The number of amides is 2. The topological polar surface area (TPSA) is 84.2 Å². The average molecular weight is 267 g/mol. The van der Waals surface area contributed by atoms with Gasteiger partial charge in [-0.2, -0.15) is 0 Å². The molecule has 0 aliphatic carbocycles. The van der Waals surface area contributed by atoms with Crippen molar-refractivity contribution < 1.29 is 14.1 Å². The van der Waals surface area contributed by atoms with Gasteiger partial charge in [0.05, 0.1) is 0 Å². The molecule has 0 bridgehead atoms. The Balaban J connectivity index is 2.67. The number of hydrogen-bond acceptors (Lipinski definition) is 4. The third-order valence-corrected chi connectivity index (χ3v) is 2.56. The Kier molecular flexibility index (Phi) is 5.54. The van der Waals surface area contributed by atoms with Gasteiger partial charge in [0.15, 0.2) is 5.82 Å². The van der Waals surface area contributed by atoms with Gasteiger partial charge in [-0.1, -0.05) is 25.9 Å². The average Bonchev–Trinajstić information content (AvgIpc) is 2.73. The molecular weight excluding hydrogens is 246 g/mol. The molecule has 106 valence electrons. The van der Waals surface area contributed by atoms with Crippen LogP contribution in [0.5, 0.6) is 0 Å². The van der Waals surface area contributed by atoms with E-state index in [1.54, 1.807) is 19.9 Å². The van der Waals surface area contributed by atoms with Crippen molar-refractivity contribution >= 4 is 17.6 Å². The first kappa shape index (κ1) is 15.2. The lowest BCUT2D eigenvalue weighted by molar-refractivity contribution is -0.126. The standard InChI is InChI=1S/C13H21N3O3/c1-5-12(17)14-10(6-8(2)3)13(18)15-11-7-9(4)19-16-11/h7-8,10H,5-6H2,1-4H3,(H,14,17)(H,15,16,18)/t10-/m0/s1. The van der Waals surface area contributed by atoms with Gasteiger partial charge in [0.1, 0.15) is 11.8 Å². The minimum Gasteiger partial charge on any atom is -0.360 e. The van der Waals surface area contributed by atoms with Crippen molar-refractivity contribution in [2.45, 2.75) is 46.6 Å².